The molecule has 0 aliphatic heterocycles. The van der Waals surface area contributed by atoms with Crippen LogP contribution in [0.25, 0.3) is 0 Å². The van der Waals surface area contributed by atoms with Gasteiger partial charge in [0.2, 0.25) is 0 Å². The Kier molecular flexibility index (Phi) is 42.9. The van der Waals surface area contributed by atoms with Gasteiger partial charge >= 0.3 is 19.8 Å². The molecule has 0 saturated carbocycles. The molecule has 0 aromatic rings. The van der Waals surface area contributed by atoms with Crippen LogP contribution < -0.4 is 5.73 Å². The van der Waals surface area contributed by atoms with E-state index in [-0.39, 0.29) is 13.0 Å². The van der Waals surface area contributed by atoms with Gasteiger partial charge in [-0.15, -0.1) is 0 Å². The second kappa shape index (κ2) is 44.3. The van der Waals surface area contributed by atoms with Crippen LogP contribution in [-0.2, 0) is 32.7 Å². The Bertz CT molecular complexity index is 1080. The van der Waals surface area contributed by atoms with Gasteiger partial charge in [0.05, 0.1) is 19.8 Å². The number of rotatable bonds is 46. The fraction of sp³-hybridized carbons (Fsp3) is 0.833. The minimum atomic E-state index is -4.62. The van der Waals surface area contributed by atoms with E-state index in [1.807, 2.05) is 0 Å². The summed E-state index contributed by atoms with van der Waals surface area (Å²) >= 11 is 0. The second-order valence-electron chi connectivity index (χ2n) is 16.2. The van der Waals surface area contributed by atoms with Crippen LogP contribution in [0.5, 0.6) is 0 Å². The highest BCUT2D eigenvalue weighted by atomic mass is 31.2. The summed E-state index contributed by atoms with van der Waals surface area (Å²) in [7, 11) is -4.62. The van der Waals surface area contributed by atoms with Crippen LogP contribution in [0.3, 0.4) is 0 Å². The Morgan fingerprint density at radius 2 is 0.932 bits per heavy atom. The van der Waals surface area contributed by atoms with E-state index in [1.165, 1.54) is 141 Å². The Labute approximate surface area is 361 Å². The molecule has 0 rings (SSSR count). The van der Waals surface area contributed by atoms with Crippen molar-refractivity contribution in [1.29, 1.82) is 0 Å². The van der Waals surface area contributed by atoms with Gasteiger partial charge in [-0.05, 0) is 70.6 Å². The lowest BCUT2D eigenvalue weighted by Gasteiger charge is -2.20. The first-order valence-electron chi connectivity index (χ1n) is 24.0. The highest BCUT2D eigenvalue weighted by molar-refractivity contribution is 7.47. The van der Waals surface area contributed by atoms with E-state index < -0.39 is 45.1 Å². The molecule has 346 valence electrons. The number of ether oxygens (including phenoxy) is 2. The van der Waals surface area contributed by atoms with Crippen molar-refractivity contribution in [3.63, 3.8) is 0 Å². The lowest BCUT2D eigenvalue weighted by molar-refractivity contribution is -0.154. The molecular weight excluding hydrogens is 766 g/mol. The summed E-state index contributed by atoms with van der Waals surface area (Å²) in [5.74, 6) is -1.78. The number of esters is 1. The quantitative estimate of drug-likeness (QED) is 0.0233. The SMILES string of the molecule is CCCCC/C=C\C/C=C\CCCCCCCCCCCC(=O)OC(COCCCCCCCCCC/C=C\CCCCCCCC)COP(=O)(O)OCC(N)C(=O)O. The lowest BCUT2D eigenvalue weighted by atomic mass is 10.1. The summed E-state index contributed by atoms with van der Waals surface area (Å²) in [6, 6.07) is -1.47. The maximum atomic E-state index is 12.7. The number of hydrogen-bond donors (Lipinski definition) is 3. The first-order valence-corrected chi connectivity index (χ1v) is 25.5. The van der Waals surface area contributed by atoms with E-state index in [1.54, 1.807) is 0 Å². The van der Waals surface area contributed by atoms with Crippen LogP contribution in [0.15, 0.2) is 36.5 Å². The number of carboxylic acids is 1. The zero-order valence-electron chi connectivity index (χ0n) is 37.9. The van der Waals surface area contributed by atoms with Crippen molar-refractivity contribution in [3.8, 4) is 0 Å². The Morgan fingerprint density at radius 1 is 0.542 bits per heavy atom. The van der Waals surface area contributed by atoms with Gasteiger partial charge in [-0.25, -0.2) is 4.57 Å². The molecule has 0 aromatic carbocycles. The average Bonchev–Trinajstić information content (AvgIpc) is 3.21. The number of hydrogen-bond acceptors (Lipinski definition) is 8. The molecule has 3 unspecified atom stereocenters. The molecule has 4 N–H and O–H groups in total. The number of phosphoric acid groups is 1. The smallest absolute Gasteiger partial charge is 0.472 e. The number of allylic oxidation sites excluding steroid dienone is 6. The average molecular weight is 856 g/mol. The molecule has 0 aromatic heterocycles. The molecule has 10 nitrogen and oxygen atoms in total. The van der Waals surface area contributed by atoms with E-state index in [9.17, 15) is 19.0 Å². The maximum absolute atomic E-state index is 12.7. The number of carboxylic acid groups (broad SMARTS) is 1. The zero-order chi connectivity index (χ0) is 43.3. The molecule has 0 spiro atoms. The second-order valence-corrected chi connectivity index (χ2v) is 17.7. The van der Waals surface area contributed by atoms with E-state index in [0.29, 0.717) is 13.0 Å². The minimum Gasteiger partial charge on any atom is -0.480 e. The fourth-order valence-corrected chi connectivity index (χ4v) is 7.41. The Balaban J connectivity index is 4.18. The van der Waals surface area contributed by atoms with Crippen molar-refractivity contribution in [2.75, 3.05) is 26.4 Å². The van der Waals surface area contributed by atoms with Crippen molar-refractivity contribution in [2.45, 2.75) is 231 Å². The van der Waals surface area contributed by atoms with Gasteiger partial charge in [-0.3, -0.25) is 18.6 Å². The summed E-state index contributed by atoms with van der Waals surface area (Å²) in [5.41, 5.74) is 5.37. The van der Waals surface area contributed by atoms with E-state index in [4.69, 9.17) is 29.4 Å². The fourth-order valence-electron chi connectivity index (χ4n) is 6.63. The number of nitrogens with two attached hydrogens (primary N) is 1. The number of unbranched alkanes of at least 4 members (excludes halogenated alkanes) is 26. The molecule has 0 heterocycles. The van der Waals surface area contributed by atoms with Gasteiger partial charge in [0.1, 0.15) is 12.1 Å². The standard InChI is InChI=1S/C48H90NO9P/c1-3-5-7-9-11-13-15-17-19-21-23-24-26-28-30-32-34-36-38-40-47(50)58-45(43-56-59(53,54)57-44-46(49)48(51)52)42-55-41-39-37-35-33-31-29-27-25-22-20-18-16-14-12-10-8-6-4-2/h11,13,17-20,45-46H,3-10,12,14-16,21-44,49H2,1-2H3,(H,51,52)(H,53,54)/b13-11-,19-17-,20-18-. The molecule has 0 saturated heterocycles. The summed E-state index contributed by atoms with van der Waals surface area (Å²) in [6.45, 7) is 3.87. The minimum absolute atomic E-state index is 0.0145. The van der Waals surface area contributed by atoms with E-state index in [2.05, 4.69) is 50.3 Å². The molecule has 0 fully saturated rings. The third-order valence-corrected chi connectivity index (χ3v) is 11.3. The van der Waals surface area contributed by atoms with Gasteiger partial charge in [-0.1, -0.05) is 179 Å². The van der Waals surface area contributed by atoms with Crippen molar-refractivity contribution in [2.24, 2.45) is 5.73 Å². The van der Waals surface area contributed by atoms with Crippen molar-refractivity contribution in [3.05, 3.63) is 36.5 Å². The summed E-state index contributed by atoms with van der Waals surface area (Å²) in [5, 5.41) is 8.91. The van der Waals surface area contributed by atoms with Crippen molar-refractivity contribution in [1.82, 2.24) is 0 Å². The molecule has 0 radical (unpaired) electrons. The summed E-state index contributed by atoms with van der Waals surface area (Å²) in [6.07, 6.45) is 50.5. The van der Waals surface area contributed by atoms with Gasteiger partial charge in [0.25, 0.3) is 0 Å². The molecular formula is C48H90NO9P. The third kappa shape index (κ3) is 44.1. The van der Waals surface area contributed by atoms with Crippen LogP contribution in [0.4, 0.5) is 0 Å². The van der Waals surface area contributed by atoms with Crippen molar-refractivity contribution < 1.29 is 42.7 Å². The number of aliphatic carboxylic acids is 1. The normalized spacial score (nSPS) is 14.1. The lowest BCUT2D eigenvalue weighted by Crippen LogP contribution is -2.34. The predicted octanol–water partition coefficient (Wildman–Crippen LogP) is 13.7. The topological polar surface area (TPSA) is 155 Å². The van der Waals surface area contributed by atoms with Crippen LogP contribution in [0.1, 0.15) is 219 Å². The predicted molar refractivity (Wildman–Crippen MR) is 245 cm³/mol. The van der Waals surface area contributed by atoms with E-state index >= 15 is 0 Å². The molecule has 0 aliphatic carbocycles. The summed E-state index contributed by atoms with van der Waals surface area (Å²) in [4.78, 5) is 33.6. The Morgan fingerprint density at radius 3 is 1.42 bits per heavy atom. The number of carbonyl (C=O) groups excluding carboxylic acids is 1. The number of phosphoric ester groups is 1. The first kappa shape index (κ1) is 57.2. The van der Waals surface area contributed by atoms with Crippen LogP contribution >= 0.6 is 7.82 Å². The third-order valence-electron chi connectivity index (χ3n) is 10.4. The zero-order valence-corrected chi connectivity index (χ0v) is 38.7. The summed E-state index contributed by atoms with van der Waals surface area (Å²) < 4.78 is 33.4. The molecule has 59 heavy (non-hydrogen) atoms. The Hall–Kier alpha value is -1.81. The molecule has 3 atom stereocenters. The highest BCUT2D eigenvalue weighted by Crippen LogP contribution is 2.43. The highest BCUT2D eigenvalue weighted by Gasteiger charge is 2.27. The monoisotopic (exact) mass is 856 g/mol. The van der Waals surface area contributed by atoms with E-state index in [0.717, 1.165) is 51.4 Å². The van der Waals surface area contributed by atoms with Gasteiger partial charge in [0.15, 0.2) is 0 Å². The van der Waals surface area contributed by atoms with Crippen molar-refractivity contribution >= 4 is 19.8 Å². The van der Waals surface area contributed by atoms with Gasteiger partial charge in [-0.2, -0.15) is 0 Å². The van der Waals surface area contributed by atoms with Crippen LogP contribution in [0.2, 0.25) is 0 Å². The molecule has 0 bridgehead atoms. The molecule has 11 heteroatoms. The van der Waals surface area contributed by atoms with Crippen LogP contribution in [0, 0.1) is 0 Å². The number of carbonyl (C=O) groups is 2. The van der Waals surface area contributed by atoms with Crippen LogP contribution in [-0.4, -0.2) is 60.5 Å². The first-order chi connectivity index (χ1) is 28.7. The molecule has 0 aliphatic rings. The van der Waals surface area contributed by atoms with Gasteiger partial charge in [0, 0.05) is 13.0 Å². The van der Waals surface area contributed by atoms with Gasteiger partial charge < -0.3 is 25.2 Å². The molecule has 0 amide bonds. The largest absolute Gasteiger partial charge is 0.480 e. The maximum Gasteiger partial charge on any atom is 0.472 e.